The van der Waals surface area contributed by atoms with E-state index >= 15 is 0 Å². The fraction of sp³-hybridized carbons (Fsp3) is 0.120. The van der Waals surface area contributed by atoms with Crippen molar-refractivity contribution in [1.82, 2.24) is 5.43 Å². The van der Waals surface area contributed by atoms with Crippen molar-refractivity contribution < 1.29 is 18.7 Å². The van der Waals surface area contributed by atoms with Gasteiger partial charge in [0.15, 0.2) is 17.3 Å². The number of hydrogen-bond acceptors (Lipinski definition) is 5. The van der Waals surface area contributed by atoms with Crippen LogP contribution >= 0.6 is 31.9 Å². The second-order valence-electron chi connectivity index (χ2n) is 7.03. The van der Waals surface area contributed by atoms with Crippen LogP contribution in [-0.4, -0.2) is 18.7 Å². The number of halogens is 2. The summed E-state index contributed by atoms with van der Waals surface area (Å²) in [5.41, 5.74) is 4.90. The Bertz CT molecular complexity index is 1270. The molecule has 0 spiro atoms. The molecule has 1 amide bonds. The van der Waals surface area contributed by atoms with E-state index < -0.39 is 5.91 Å². The van der Waals surface area contributed by atoms with Crippen LogP contribution in [0.25, 0.3) is 11.0 Å². The lowest BCUT2D eigenvalue weighted by Crippen LogP contribution is -2.16. The number of hydrogen-bond donors (Lipinski definition) is 1. The zero-order chi connectivity index (χ0) is 23.2. The molecule has 8 heteroatoms. The standard InChI is InChI=1S/C25H20Br2N2O4/c1-2-31-22-12-17(11-20(27)24(22)32-15-16-7-9-19(26)10-8-16)14-28-29-25(30)23-13-18-5-3-4-6-21(18)33-23/h3-14H,2,15H2,1H3,(H,29,30)/b28-14+. The van der Waals surface area contributed by atoms with Gasteiger partial charge in [0.05, 0.1) is 17.3 Å². The summed E-state index contributed by atoms with van der Waals surface area (Å²) in [6, 6.07) is 20.7. The van der Waals surface area contributed by atoms with Gasteiger partial charge >= 0.3 is 5.91 Å². The van der Waals surface area contributed by atoms with Crippen LogP contribution in [0.1, 0.15) is 28.6 Å². The van der Waals surface area contributed by atoms with Gasteiger partial charge in [-0.25, -0.2) is 5.43 Å². The lowest BCUT2D eigenvalue weighted by Gasteiger charge is -2.14. The van der Waals surface area contributed by atoms with Crippen LogP contribution in [0.15, 0.2) is 85.2 Å². The van der Waals surface area contributed by atoms with Crippen LogP contribution in [0, 0.1) is 0 Å². The second-order valence-corrected chi connectivity index (χ2v) is 8.80. The van der Waals surface area contributed by atoms with E-state index in [1.54, 1.807) is 6.07 Å². The highest BCUT2D eigenvalue weighted by Crippen LogP contribution is 2.37. The molecule has 33 heavy (non-hydrogen) atoms. The number of rotatable bonds is 8. The quantitative estimate of drug-likeness (QED) is 0.189. The third-order valence-corrected chi connectivity index (χ3v) is 5.77. The summed E-state index contributed by atoms with van der Waals surface area (Å²) in [4.78, 5) is 12.4. The molecule has 0 radical (unpaired) electrons. The normalized spacial score (nSPS) is 11.1. The molecule has 0 unspecified atom stereocenters. The molecule has 0 aliphatic carbocycles. The maximum atomic E-state index is 12.4. The van der Waals surface area contributed by atoms with Crippen molar-refractivity contribution in [3.63, 3.8) is 0 Å². The molecule has 0 aliphatic heterocycles. The third kappa shape index (κ3) is 5.83. The molecular weight excluding hydrogens is 552 g/mol. The average molecular weight is 572 g/mol. The van der Waals surface area contributed by atoms with Gasteiger partial charge < -0.3 is 13.9 Å². The van der Waals surface area contributed by atoms with Gasteiger partial charge in [-0.05, 0) is 70.4 Å². The Morgan fingerprint density at radius 1 is 1.06 bits per heavy atom. The molecule has 0 bridgehead atoms. The zero-order valence-electron chi connectivity index (χ0n) is 17.7. The fourth-order valence-corrected chi connectivity index (χ4v) is 3.95. The molecule has 4 rings (SSSR count). The number of amides is 1. The molecule has 1 N–H and O–H groups in total. The molecule has 0 saturated carbocycles. The summed E-state index contributed by atoms with van der Waals surface area (Å²) in [6.07, 6.45) is 1.53. The fourth-order valence-electron chi connectivity index (χ4n) is 3.12. The van der Waals surface area contributed by atoms with Crippen molar-refractivity contribution in [2.45, 2.75) is 13.5 Å². The van der Waals surface area contributed by atoms with Crippen LogP contribution in [0.5, 0.6) is 11.5 Å². The molecule has 0 atom stereocenters. The number of para-hydroxylation sites is 1. The zero-order valence-corrected chi connectivity index (χ0v) is 20.9. The summed E-state index contributed by atoms with van der Waals surface area (Å²) >= 11 is 6.99. The van der Waals surface area contributed by atoms with Gasteiger partial charge in [-0.15, -0.1) is 0 Å². The van der Waals surface area contributed by atoms with Gasteiger partial charge in [0.1, 0.15) is 12.2 Å². The number of nitrogens with one attached hydrogen (secondary N) is 1. The first kappa shape index (κ1) is 23.1. The van der Waals surface area contributed by atoms with Crippen molar-refractivity contribution in [3.05, 3.63) is 92.6 Å². The minimum absolute atomic E-state index is 0.196. The van der Waals surface area contributed by atoms with E-state index in [-0.39, 0.29) is 5.76 Å². The molecule has 6 nitrogen and oxygen atoms in total. The van der Waals surface area contributed by atoms with Crippen LogP contribution < -0.4 is 14.9 Å². The molecule has 0 fully saturated rings. The maximum absolute atomic E-state index is 12.4. The van der Waals surface area contributed by atoms with Crippen molar-refractivity contribution in [2.75, 3.05) is 6.61 Å². The van der Waals surface area contributed by atoms with Gasteiger partial charge in [0, 0.05) is 9.86 Å². The van der Waals surface area contributed by atoms with E-state index in [1.807, 2.05) is 67.6 Å². The van der Waals surface area contributed by atoms with Crippen LogP contribution in [0.3, 0.4) is 0 Å². The number of fused-ring (bicyclic) bond motifs is 1. The first-order valence-electron chi connectivity index (χ1n) is 10.2. The van der Waals surface area contributed by atoms with Gasteiger partial charge in [0.2, 0.25) is 0 Å². The van der Waals surface area contributed by atoms with E-state index in [4.69, 9.17) is 13.9 Å². The van der Waals surface area contributed by atoms with E-state index in [0.717, 1.165) is 25.5 Å². The van der Waals surface area contributed by atoms with E-state index in [0.29, 0.717) is 30.3 Å². The highest BCUT2D eigenvalue weighted by molar-refractivity contribution is 9.10. The summed E-state index contributed by atoms with van der Waals surface area (Å²) in [5.74, 6) is 0.944. The largest absolute Gasteiger partial charge is 0.490 e. The van der Waals surface area contributed by atoms with Crippen molar-refractivity contribution >= 4 is 55.0 Å². The molecule has 1 aromatic heterocycles. The van der Waals surface area contributed by atoms with Crippen molar-refractivity contribution in [3.8, 4) is 11.5 Å². The third-order valence-electron chi connectivity index (χ3n) is 4.66. The van der Waals surface area contributed by atoms with Gasteiger partial charge in [-0.3, -0.25) is 4.79 Å². The number of hydrazone groups is 1. The molecule has 4 aromatic rings. The average Bonchev–Trinajstić information content (AvgIpc) is 3.24. The smallest absolute Gasteiger partial charge is 0.307 e. The lowest BCUT2D eigenvalue weighted by atomic mass is 10.2. The Kier molecular flexibility index (Phi) is 7.47. The monoisotopic (exact) mass is 570 g/mol. The Balaban J connectivity index is 1.46. The highest BCUT2D eigenvalue weighted by atomic mass is 79.9. The van der Waals surface area contributed by atoms with Gasteiger partial charge in [-0.2, -0.15) is 5.10 Å². The first-order valence-corrected chi connectivity index (χ1v) is 11.8. The Morgan fingerprint density at radius 2 is 1.85 bits per heavy atom. The summed E-state index contributed by atoms with van der Waals surface area (Å²) < 4.78 is 19.1. The predicted molar refractivity (Wildman–Crippen MR) is 135 cm³/mol. The number of ether oxygens (including phenoxy) is 2. The van der Waals surface area contributed by atoms with E-state index in [9.17, 15) is 4.79 Å². The number of nitrogens with zero attached hydrogens (tertiary/aromatic N) is 1. The minimum Gasteiger partial charge on any atom is -0.490 e. The summed E-state index contributed by atoms with van der Waals surface area (Å²) in [7, 11) is 0. The van der Waals surface area contributed by atoms with Gasteiger partial charge in [-0.1, -0.05) is 46.3 Å². The highest BCUT2D eigenvalue weighted by Gasteiger charge is 2.13. The topological polar surface area (TPSA) is 73.1 Å². The number of carbonyl (C=O) groups excluding carboxylic acids is 1. The Labute approximate surface area is 207 Å². The minimum atomic E-state index is -0.430. The van der Waals surface area contributed by atoms with Crippen molar-refractivity contribution in [2.24, 2.45) is 5.10 Å². The second kappa shape index (κ2) is 10.7. The number of furan rings is 1. The van der Waals surface area contributed by atoms with Crippen LogP contribution in [0.2, 0.25) is 0 Å². The molecule has 3 aromatic carbocycles. The number of carbonyl (C=O) groups is 1. The Morgan fingerprint density at radius 3 is 2.61 bits per heavy atom. The first-order chi connectivity index (χ1) is 16.0. The van der Waals surface area contributed by atoms with Crippen molar-refractivity contribution in [1.29, 1.82) is 0 Å². The van der Waals surface area contributed by atoms with Crippen LogP contribution in [-0.2, 0) is 6.61 Å². The molecule has 168 valence electrons. The molecule has 0 saturated heterocycles. The maximum Gasteiger partial charge on any atom is 0.307 e. The van der Waals surface area contributed by atoms with Crippen LogP contribution in [0.4, 0.5) is 0 Å². The van der Waals surface area contributed by atoms with Gasteiger partial charge in [0.25, 0.3) is 0 Å². The Hall–Kier alpha value is -3.10. The number of benzene rings is 3. The van der Waals surface area contributed by atoms with E-state index in [2.05, 4.69) is 42.4 Å². The lowest BCUT2D eigenvalue weighted by molar-refractivity contribution is 0.0929. The summed E-state index contributed by atoms with van der Waals surface area (Å²) in [6.45, 7) is 2.78. The summed E-state index contributed by atoms with van der Waals surface area (Å²) in [5, 5.41) is 4.91. The SMILES string of the molecule is CCOc1cc(/C=N/NC(=O)c2cc3ccccc3o2)cc(Br)c1OCc1ccc(Br)cc1. The molecule has 1 heterocycles. The van der Waals surface area contributed by atoms with E-state index in [1.165, 1.54) is 6.21 Å². The molecular formula is C25H20Br2N2O4. The predicted octanol–water partition coefficient (Wildman–Crippen LogP) is 6.70. The molecule has 0 aliphatic rings.